The van der Waals surface area contributed by atoms with E-state index in [1.54, 1.807) is 9.80 Å². The molecule has 2 aromatic rings. The maximum Gasteiger partial charge on any atom is 0.494 e. The number of amides is 2. The number of hydrogen-bond acceptors (Lipinski definition) is 6. The lowest BCUT2D eigenvalue weighted by Crippen LogP contribution is -2.41. The van der Waals surface area contributed by atoms with Gasteiger partial charge in [0.2, 0.25) is 11.8 Å². The fourth-order valence-corrected chi connectivity index (χ4v) is 6.13. The van der Waals surface area contributed by atoms with Crippen LogP contribution in [0.5, 0.6) is 0 Å². The number of hydrogen-bond donors (Lipinski definition) is 0. The van der Waals surface area contributed by atoms with Crippen molar-refractivity contribution < 1.29 is 28.2 Å². The van der Waals surface area contributed by atoms with Crippen molar-refractivity contribution in [2.24, 2.45) is 0 Å². The van der Waals surface area contributed by atoms with Crippen molar-refractivity contribution in [1.82, 2.24) is 0 Å². The van der Waals surface area contributed by atoms with E-state index in [0.29, 0.717) is 12.8 Å². The number of nitrogens with zero attached hydrogens (tertiary/aromatic N) is 2. The van der Waals surface area contributed by atoms with Crippen molar-refractivity contribution in [3.05, 3.63) is 48.5 Å². The first-order valence-electron chi connectivity index (χ1n) is 18.4. The monoisotopic (exact) mass is 674 g/mol. The number of anilines is 2. The predicted molar refractivity (Wildman–Crippen MR) is 202 cm³/mol. The van der Waals surface area contributed by atoms with Gasteiger partial charge >= 0.3 is 14.2 Å². The third kappa shape index (κ3) is 9.78. The summed E-state index contributed by atoms with van der Waals surface area (Å²) in [4.78, 5) is 29.3. The first kappa shape index (κ1) is 39.1. The molecule has 2 heterocycles. The molecule has 0 saturated carbocycles. The van der Waals surface area contributed by atoms with Gasteiger partial charge in [-0.2, -0.15) is 0 Å². The molecule has 0 bridgehead atoms. The maximum atomic E-state index is 12.9. The van der Waals surface area contributed by atoms with Crippen molar-refractivity contribution in [1.29, 1.82) is 0 Å². The zero-order chi connectivity index (χ0) is 36.0. The smallest absolute Gasteiger partial charge is 0.399 e. The van der Waals surface area contributed by atoms with E-state index in [4.69, 9.17) is 18.6 Å². The van der Waals surface area contributed by atoms with E-state index in [9.17, 15) is 9.59 Å². The SMILES string of the molecule is CN(C(=O)CCCCCCCCCCCC(=O)N(C)c1cccc(B2OC(C)(C)C(C)(C)O2)c1)c1cccc(B2OC(C)(C)C(C)(C)O2)c1. The van der Waals surface area contributed by atoms with Crippen LogP contribution in [-0.4, -0.2) is 62.6 Å². The highest BCUT2D eigenvalue weighted by molar-refractivity contribution is 6.62. The molecule has 0 aliphatic carbocycles. The van der Waals surface area contributed by atoms with Crippen LogP contribution in [0.3, 0.4) is 0 Å². The minimum absolute atomic E-state index is 0.129. The molecule has 10 heteroatoms. The molecular formula is C39H60B2N2O6. The Bertz CT molecular complexity index is 1290. The molecule has 2 aliphatic heterocycles. The molecule has 2 amide bonds. The van der Waals surface area contributed by atoms with Crippen molar-refractivity contribution in [3.63, 3.8) is 0 Å². The minimum Gasteiger partial charge on any atom is -0.399 e. The molecule has 2 aromatic carbocycles. The molecule has 49 heavy (non-hydrogen) atoms. The molecule has 2 fully saturated rings. The molecule has 0 aromatic heterocycles. The van der Waals surface area contributed by atoms with Gasteiger partial charge < -0.3 is 28.4 Å². The van der Waals surface area contributed by atoms with Gasteiger partial charge in [-0.1, -0.05) is 69.2 Å². The van der Waals surface area contributed by atoms with E-state index >= 15 is 0 Å². The van der Waals surface area contributed by atoms with Crippen LogP contribution in [0.25, 0.3) is 0 Å². The normalized spacial score (nSPS) is 18.9. The Labute approximate surface area is 296 Å². The highest BCUT2D eigenvalue weighted by Crippen LogP contribution is 2.37. The van der Waals surface area contributed by atoms with Crippen LogP contribution in [0, 0.1) is 0 Å². The first-order valence-corrected chi connectivity index (χ1v) is 18.4. The lowest BCUT2D eigenvalue weighted by molar-refractivity contribution is -0.119. The van der Waals surface area contributed by atoms with E-state index in [-0.39, 0.29) is 11.8 Å². The fourth-order valence-electron chi connectivity index (χ4n) is 6.13. The Kier molecular flexibility index (Phi) is 12.9. The van der Waals surface area contributed by atoms with Crippen LogP contribution in [0.2, 0.25) is 0 Å². The van der Waals surface area contributed by atoms with Gasteiger partial charge in [-0.3, -0.25) is 9.59 Å². The van der Waals surface area contributed by atoms with Gasteiger partial charge in [0.1, 0.15) is 0 Å². The van der Waals surface area contributed by atoms with E-state index in [0.717, 1.165) is 60.8 Å². The first-order chi connectivity index (χ1) is 22.9. The maximum absolute atomic E-state index is 12.9. The van der Waals surface area contributed by atoms with Gasteiger partial charge in [-0.15, -0.1) is 0 Å². The van der Waals surface area contributed by atoms with Crippen molar-refractivity contribution in [2.45, 2.75) is 148 Å². The van der Waals surface area contributed by atoms with Crippen LogP contribution in [0.1, 0.15) is 126 Å². The number of carbonyl (C=O) groups is 2. The number of carbonyl (C=O) groups excluding carboxylic acids is 2. The molecule has 0 spiro atoms. The summed E-state index contributed by atoms with van der Waals surface area (Å²) in [5, 5.41) is 0. The van der Waals surface area contributed by atoms with E-state index < -0.39 is 36.6 Å². The lowest BCUT2D eigenvalue weighted by Gasteiger charge is -2.32. The largest absolute Gasteiger partial charge is 0.494 e. The topological polar surface area (TPSA) is 77.5 Å². The van der Waals surface area contributed by atoms with Crippen LogP contribution < -0.4 is 20.7 Å². The second-order valence-corrected chi connectivity index (χ2v) is 16.0. The van der Waals surface area contributed by atoms with Gasteiger partial charge in [-0.25, -0.2) is 0 Å². The average molecular weight is 675 g/mol. The third-order valence-corrected chi connectivity index (χ3v) is 11.1. The Morgan fingerprint density at radius 3 is 1.10 bits per heavy atom. The average Bonchev–Trinajstić information content (AvgIpc) is 3.41. The number of unbranched alkanes of at least 4 members (excludes halogenated alkanes) is 8. The fraction of sp³-hybridized carbons (Fsp3) is 0.641. The van der Waals surface area contributed by atoms with Crippen LogP contribution in [0.15, 0.2) is 48.5 Å². The number of rotatable bonds is 16. The quantitative estimate of drug-likeness (QED) is 0.139. The van der Waals surface area contributed by atoms with Gasteiger partial charge in [0.15, 0.2) is 0 Å². The standard InChI is InChI=1S/C39H60B2N2O6/c1-36(2)37(3,4)47-40(46-36)30-22-20-24-32(28-30)42(9)34(44)26-18-16-14-12-11-13-15-17-19-27-35(45)43(10)33-25-21-23-31(29-33)41-48-38(5,6)39(7,8)49-41/h20-25,28-29H,11-19,26-27H2,1-10H3. The molecule has 0 atom stereocenters. The minimum atomic E-state index is -0.444. The zero-order valence-electron chi connectivity index (χ0n) is 31.9. The summed E-state index contributed by atoms with van der Waals surface area (Å²) < 4.78 is 24.8. The Morgan fingerprint density at radius 1 is 0.510 bits per heavy atom. The van der Waals surface area contributed by atoms with Crippen LogP contribution in [0.4, 0.5) is 11.4 Å². The summed E-state index contributed by atoms with van der Waals surface area (Å²) in [5.41, 5.74) is 1.96. The molecule has 2 saturated heterocycles. The van der Waals surface area contributed by atoms with Crippen LogP contribution in [-0.2, 0) is 28.2 Å². The van der Waals surface area contributed by atoms with Gasteiger partial charge in [-0.05, 0) is 103 Å². The zero-order valence-corrected chi connectivity index (χ0v) is 31.9. The van der Waals surface area contributed by atoms with Gasteiger partial charge in [0.25, 0.3) is 0 Å². The Balaban J connectivity index is 1.05. The third-order valence-electron chi connectivity index (χ3n) is 11.1. The van der Waals surface area contributed by atoms with Crippen molar-refractivity contribution in [3.8, 4) is 0 Å². The van der Waals surface area contributed by atoms with Crippen LogP contribution >= 0.6 is 0 Å². The molecule has 8 nitrogen and oxygen atoms in total. The number of benzene rings is 2. The predicted octanol–water partition coefficient (Wildman–Crippen LogP) is 7.20. The highest BCUT2D eigenvalue weighted by atomic mass is 16.7. The van der Waals surface area contributed by atoms with E-state index in [1.165, 1.54) is 19.3 Å². The van der Waals surface area contributed by atoms with Gasteiger partial charge in [0.05, 0.1) is 22.4 Å². The second-order valence-electron chi connectivity index (χ2n) is 16.0. The summed E-state index contributed by atoms with van der Waals surface area (Å²) in [6, 6.07) is 15.8. The van der Waals surface area contributed by atoms with E-state index in [1.807, 2.05) is 118 Å². The summed E-state index contributed by atoms with van der Waals surface area (Å²) in [5.74, 6) is 0.257. The lowest BCUT2D eigenvalue weighted by atomic mass is 9.79. The Hall–Kier alpha value is -2.65. The summed E-state index contributed by atoms with van der Waals surface area (Å²) >= 11 is 0. The van der Waals surface area contributed by atoms with Gasteiger partial charge in [0, 0.05) is 38.3 Å². The second kappa shape index (κ2) is 16.1. The molecule has 268 valence electrons. The molecule has 2 aliphatic rings. The highest BCUT2D eigenvalue weighted by Gasteiger charge is 2.52. The summed E-state index contributed by atoms with van der Waals surface area (Å²) in [6.45, 7) is 16.4. The summed E-state index contributed by atoms with van der Waals surface area (Å²) in [6.07, 6.45) is 10.8. The van der Waals surface area contributed by atoms with E-state index in [2.05, 4.69) is 0 Å². The molecule has 4 rings (SSSR count). The summed E-state index contributed by atoms with van der Waals surface area (Å²) in [7, 11) is 2.80. The molecular weight excluding hydrogens is 614 g/mol. The van der Waals surface area contributed by atoms with Crippen molar-refractivity contribution in [2.75, 3.05) is 23.9 Å². The molecule has 0 unspecified atom stereocenters. The molecule has 0 radical (unpaired) electrons. The molecule has 0 N–H and O–H groups in total. The van der Waals surface area contributed by atoms with Crippen molar-refractivity contribution >= 4 is 48.4 Å². The Morgan fingerprint density at radius 2 is 0.796 bits per heavy atom.